The summed E-state index contributed by atoms with van der Waals surface area (Å²) in [4.78, 5) is 24.8. The van der Waals surface area contributed by atoms with Gasteiger partial charge in [-0.15, -0.1) is 0 Å². The molecule has 2 rings (SSSR count). The highest BCUT2D eigenvalue weighted by Crippen LogP contribution is 2.19. The first-order valence-electron chi connectivity index (χ1n) is 6.86. The van der Waals surface area contributed by atoms with Gasteiger partial charge in [-0.1, -0.05) is 6.92 Å². The second kappa shape index (κ2) is 6.41. The lowest BCUT2D eigenvalue weighted by molar-refractivity contribution is -0.119. The predicted octanol–water partition coefficient (Wildman–Crippen LogP) is 1.42. The van der Waals surface area contributed by atoms with Gasteiger partial charge in [0.15, 0.2) is 6.61 Å². The number of amides is 2. The Balaban J connectivity index is 1.95. The maximum absolute atomic E-state index is 12.3. The smallest absolute Gasteiger partial charge is 0.255 e. The van der Waals surface area contributed by atoms with E-state index >= 15 is 0 Å². The average Bonchev–Trinajstić information content (AvgIpc) is 2.46. The Morgan fingerprint density at radius 3 is 2.40 bits per heavy atom. The van der Waals surface area contributed by atoms with Gasteiger partial charge >= 0.3 is 0 Å². The van der Waals surface area contributed by atoms with E-state index in [1.54, 1.807) is 24.3 Å². The molecule has 5 nitrogen and oxygen atoms in total. The zero-order valence-electron chi connectivity index (χ0n) is 11.7. The van der Waals surface area contributed by atoms with Crippen molar-refractivity contribution in [2.75, 3.05) is 19.7 Å². The summed E-state index contributed by atoms with van der Waals surface area (Å²) in [7, 11) is 0. The van der Waals surface area contributed by atoms with Crippen LogP contribution in [0.1, 0.15) is 30.1 Å². The van der Waals surface area contributed by atoms with Gasteiger partial charge in [-0.2, -0.15) is 0 Å². The van der Waals surface area contributed by atoms with Crippen molar-refractivity contribution in [3.05, 3.63) is 29.8 Å². The number of ether oxygens (including phenoxy) is 1. The van der Waals surface area contributed by atoms with Crippen LogP contribution in [0.25, 0.3) is 0 Å². The van der Waals surface area contributed by atoms with Gasteiger partial charge in [0.1, 0.15) is 5.75 Å². The lowest BCUT2D eigenvalue weighted by atomic mass is 9.98. The molecule has 0 atom stereocenters. The van der Waals surface area contributed by atoms with E-state index in [1.165, 1.54) is 0 Å². The zero-order chi connectivity index (χ0) is 14.5. The molecule has 1 fully saturated rings. The molecular weight excluding hydrogens is 256 g/mol. The SMILES string of the molecule is CC1CCN(C(=O)c2ccc(OCC(N)=O)cc2)CC1. The number of carbonyl (C=O) groups is 2. The van der Waals surface area contributed by atoms with E-state index in [2.05, 4.69) is 6.92 Å². The third-order valence-electron chi connectivity index (χ3n) is 3.55. The van der Waals surface area contributed by atoms with Gasteiger partial charge in [0.25, 0.3) is 11.8 Å². The molecule has 0 unspecified atom stereocenters. The van der Waals surface area contributed by atoms with Crippen molar-refractivity contribution in [2.24, 2.45) is 11.7 Å². The van der Waals surface area contributed by atoms with Crippen LogP contribution in [0.5, 0.6) is 5.75 Å². The third kappa shape index (κ3) is 3.73. The Labute approximate surface area is 118 Å². The molecule has 0 aromatic heterocycles. The van der Waals surface area contributed by atoms with Crippen LogP contribution in [0, 0.1) is 5.92 Å². The van der Waals surface area contributed by atoms with Gasteiger partial charge in [0.2, 0.25) is 0 Å². The molecule has 2 amide bonds. The summed E-state index contributed by atoms with van der Waals surface area (Å²) in [5.41, 5.74) is 5.65. The molecule has 1 aliphatic rings. The summed E-state index contributed by atoms with van der Waals surface area (Å²) in [5, 5.41) is 0. The van der Waals surface area contributed by atoms with Gasteiger partial charge in [0, 0.05) is 18.7 Å². The van der Waals surface area contributed by atoms with E-state index in [0.717, 1.165) is 25.9 Å². The molecule has 1 aliphatic heterocycles. The van der Waals surface area contributed by atoms with Crippen LogP contribution in [0.3, 0.4) is 0 Å². The van der Waals surface area contributed by atoms with E-state index in [9.17, 15) is 9.59 Å². The molecular formula is C15H20N2O3. The van der Waals surface area contributed by atoms with Crippen molar-refractivity contribution in [3.8, 4) is 5.75 Å². The first-order valence-corrected chi connectivity index (χ1v) is 6.86. The molecule has 0 aliphatic carbocycles. The van der Waals surface area contributed by atoms with Crippen LogP contribution in [-0.2, 0) is 4.79 Å². The Morgan fingerprint density at radius 1 is 1.25 bits per heavy atom. The minimum absolute atomic E-state index is 0.0540. The normalized spacial score (nSPS) is 15.9. The molecule has 1 saturated heterocycles. The number of hydrogen-bond acceptors (Lipinski definition) is 3. The molecule has 0 bridgehead atoms. The van der Waals surface area contributed by atoms with Crippen molar-refractivity contribution in [1.82, 2.24) is 4.90 Å². The molecule has 108 valence electrons. The number of carbonyl (C=O) groups excluding carboxylic acids is 2. The Hall–Kier alpha value is -2.04. The molecule has 0 spiro atoms. The van der Waals surface area contributed by atoms with Crippen LogP contribution in [0.2, 0.25) is 0 Å². The van der Waals surface area contributed by atoms with Crippen molar-refractivity contribution in [1.29, 1.82) is 0 Å². The van der Waals surface area contributed by atoms with E-state index < -0.39 is 5.91 Å². The number of primary amides is 1. The summed E-state index contributed by atoms with van der Waals surface area (Å²) in [6, 6.07) is 6.80. The second-order valence-electron chi connectivity index (χ2n) is 5.25. The number of nitrogens with two attached hydrogens (primary N) is 1. The highest BCUT2D eigenvalue weighted by atomic mass is 16.5. The van der Waals surface area contributed by atoms with Gasteiger partial charge in [-0.25, -0.2) is 0 Å². The number of piperidine rings is 1. The van der Waals surface area contributed by atoms with E-state index in [-0.39, 0.29) is 12.5 Å². The van der Waals surface area contributed by atoms with E-state index in [1.807, 2.05) is 4.90 Å². The molecule has 1 aromatic carbocycles. The van der Waals surface area contributed by atoms with Gasteiger partial charge in [0.05, 0.1) is 0 Å². The fourth-order valence-corrected chi connectivity index (χ4v) is 2.24. The quantitative estimate of drug-likeness (QED) is 0.904. The van der Waals surface area contributed by atoms with E-state index in [4.69, 9.17) is 10.5 Å². The second-order valence-corrected chi connectivity index (χ2v) is 5.25. The monoisotopic (exact) mass is 276 g/mol. The van der Waals surface area contributed by atoms with Crippen LogP contribution in [-0.4, -0.2) is 36.4 Å². The topological polar surface area (TPSA) is 72.6 Å². The molecule has 5 heteroatoms. The lowest BCUT2D eigenvalue weighted by Crippen LogP contribution is -2.37. The standard InChI is InChI=1S/C15H20N2O3/c1-11-6-8-17(9-7-11)15(19)12-2-4-13(5-3-12)20-10-14(16)18/h2-5,11H,6-10H2,1H3,(H2,16,18). The van der Waals surface area contributed by atoms with Crippen LogP contribution in [0.15, 0.2) is 24.3 Å². The number of rotatable bonds is 4. The Bertz CT molecular complexity index is 476. The average molecular weight is 276 g/mol. The number of likely N-dealkylation sites (tertiary alicyclic amines) is 1. The van der Waals surface area contributed by atoms with Crippen LogP contribution in [0.4, 0.5) is 0 Å². The molecule has 0 radical (unpaired) electrons. The van der Waals surface area contributed by atoms with E-state index in [0.29, 0.717) is 17.2 Å². The zero-order valence-corrected chi connectivity index (χ0v) is 11.7. The van der Waals surface area contributed by atoms with Gasteiger partial charge in [-0.05, 0) is 43.0 Å². The molecule has 0 saturated carbocycles. The van der Waals surface area contributed by atoms with Crippen molar-refractivity contribution in [2.45, 2.75) is 19.8 Å². The predicted molar refractivity (Wildman–Crippen MR) is 75.4 cm³/mol. The molecule has 20 heavy (non-hydrogen) atoms. The highest BCUT2D eigenvalue weighted by Gasteiger charge is 2.21. The first-order chi connectivity index (χ1) is 9.56. The van der Waals surface area contributed by atoms with Crippen LogP contribution >= 0.6 is 0 Å². The Kier molecular flexibility index (Phi) is 4.61. The van der Waals surface area contributed by atoms with Gasteiger partial charge < -0.3 is 15.4 Å². The highest BCUT2D eigenvalue weighted by molar-refractivity contribution is 5.94. The largest absolute Gasteiger partial charge is 0.484 e. The number of nitrogens with zero attached hydrogens (tertiary/aromatic N) is 1. The first kappa shape index (κ1) is 14.4. The minimum atomic E-state index is -0.521. The summed E-state index contributed by atoms with van der Waals surface area (Å²) in [6.45, 7) is 3.70. The van der Waals surface area contributed by atoms with Gasteiger partial charge in [-0.3, -0.25) is 9.59 Å². The summed E-state index contributed by atoms with van der Waals surface area (Å²) in [6.07, 6.45) is 2.12. The summed E-state index contributed by atoms with van der Waals surface area (Å²) in [5.74, 6) is 0.766. The molecule has 2 N–H and O–H groups in total. The fraction of sp³-hybridized carbons (Fsp3) is 0.467. The van der Waals surface area contributed by atoms with Crippen LogP contribution < -0.4 is 10.5 Å². The minimum Gasteiger partial charge on any atom is -0.484 e. The van der Waals surface area contributed by atoms with Crippen molar-refractivity contribution < 1.29 is 14.3 Å². The third-order valence-corrected chi connectivity index (χ3v) is 3.55. The summed E-state index contributed by atoms with van der Waals surface area (Å²) >= 11 is 0. The molecule has 1 aromatic rings. The van der Waals surface area contributed by atoms with Crippen molar-refractivity contribution >= 4 is 11.8 Å². The lowest BCUT2D eigenvalue weighted by Gasteiger charge is -2.30. The van der Waals surface area contributed by atoms with Crippen molar-refractivity contribution in [3.63, 3.8) is 0 Å². The Morgan fingerprint density at radius 2 is 1.85 bits per heavy atom. The number of benzene rings is 1. The summed E-state index contributed by atoms with van der Waals surface area (Å²) < 4.78 is 5.16. The number of hydrogen-bond donors (Lipinski definition) is 1. The maximum atomic E-state index is 12.3. The fourth-order valence-electron chi connectivity index (χ4n) is 2.24. The maximum Gasteiger partial charge on any atom is 0.255 e. The molecule has 1 heterocycles.